The number of ether oxygens (including phenoxy) is 3. The van der Waals surface area contributed by atoms with E-state index in [2.05, 4.69) is 5.32 Å². The van der Waals surface area contributed by atoms with E-state index in [-0.39, 0.29) is 29.3 Å². The first-order valence-corrected chi connectivity index (χ1v) is 12.9. The molecular weight excluding hydrogens is 456 g/mol. The number of carbonyl (C=O) groups is 1. The number of aryl methyl sites for hydroxylation is 1. The van der Waals surface area contributed by atoms with Crippen molar-refractivity contribution in [1.29, 1.82) is 0 Å². The zero-order valence-corrected chi connectivity index (χ0v) is 21.3. The van der Waals surface area contributed by atoms with Crippen LogP contribution < -0.4 is 19.5 Å². The van der Waals surface area contributed by atoms with Gasteiger partial charge >= 0.3 is 0 Å². The molecule has 1 amide bonds. The summed E-state index contributed by atoms with van der Waals surface area (Å²) in [7, 11) is 1.05. The fourth-order valence-electron chi connectivity index (χ4n) is 4.46. The summed E-state index contributed by atoms with van der Waals surface area (Å²) in [5, 5.41) is 2.83. The molecule has 0 spiro atoms. The molecule has 1 N–H and O–H groups in total. The van der Waals surface area contributed by atoms with Gasteiger partial charge in [0.1, 0.15) is 0 Å². The Morgan fingerprint density at radius 3 is 2.03 bits per heavy atom. The fourth-order valence-corrected chi connectivity index (χ4v) is 6.35. The molecule has 0 aromatic heterocycles. The third-order valence-corrected chi connectivity index (χ3v) is 8.33. The van der Waals surface area contributed by atoms with E-state index < -0.39 is 10.0 Å². The first-order valence-electron chi connectivity index (χ1n) is 11.4. The number of nitrogens with zero attached hydrogens (tertiary/aromatic N) is 1. The van der Waals surface area contributed by atoms with E-state index in [9.17, 15) is 13.2 Å². The maximum atomic E-state index is 13.2. The summed E-state index contributed by atoms with van der Waals surface area (Å²) in [6.45, 7) is 3.91. The third-order valence-electron chi connectivity index (χ3n) is 6.19. The Bertz CT molecular complexity index is 1070. The van der Waals surface area contributed by atoms with E-state index >= 15 is 0 Å². The number of hydrogen-bond donors (Lipinski definition) is 1. The van der Waals surface area contributed by atoms with Gasteiger partial charge in [0.05, 0.1) is 26.2 Å². The molecule has 2 aromatic carbocycles. The number of rotatable bonds is 9. The molecule has 0 saturated carbocycles. The normalized spacial score (nSPS) is 18.9. The second-order valence-electron chi connectivity index (χ2n) is 8.57. The molecule has 1 fully saturated rings. The average Bonchev–Trinajstić information content (AvgIpc) is 2.82. The van der Waals surface area contributed by atoms with Gasteiger partial charge in [-0.15, -0.1) is 0 Å². The minimum Gasteiger partial charge on any atom is -0.493 e. The van der Waals surface area contributed by atoms with Crippen molar-refractivity contribution in [2.75, 3.05) is 26.6 Å². The van der Waals surface area contributed by atoms with E-state index in [1.54, 1.807) is 42.8 Å². The van der Waals surface area contributed by atoms with Gasteiger partial charge in [-0.3, -0.25) is 4.79 Å². The molecule has 1 heterocycles. The van der Waals surface area contributed by atoms with Crippen molar-refractivity contribution in [2.45, 2.75) is 62.9 Å². The monoisotopic (exact) mass is 490 g/mol. The van der Waals surface area contributed by atoms with Crippen LogP contribution >= 0.6 is 0 Å². The van der Waals surface area contributed by atoms with Gasteiger partial charge in [-0.25, -0.2) is 8.42 Å². The second kappa shape index (κ2) is 11.1. The molecule has 1 aliphatic rings. The molecule has 0 radical (unpaired) electrons. The predicted octanol–water partition coefficient (Wildman–Crippen LogP) is 4.24. The molecule has 0 bridgehead atoms. The lowest BCUT2D eigenvalue weighted by molar-refractivity contribution is -0.116. The maximum absolute atomic E-state index is 13.2. The zero-order chi connectivity index (χ0) is 24.9. The van der Waals surface area contributed by atoms with Crippen molar-refractivity contribution in [1.82, 2.24) is 4.31 Å². The van der Waals surface area contributed by atoms with Crippen molar-refractivity contribution < 1.29 is 27.4 Å². The van der Waals surface area contributed by atoms with Gasteiger partial charge in [0, 0.05) is 24.2 Å². The van der Waals surface area contributed by atoms with E-state index in [0.29, 0.717) is 29.4 Å². The summed E-state index contributed by atoms with van der Waals surface area (Å²) in [5.74, 6) is 1.39. The number of anilines is 1. The van der Waals surface area contributed by atoms with E-state index in [0.717, 1.165) is 24.8 Å². The van der Waals surface area contributed by atoms with Crippen LogP contribution in [0.5, 0.6) is 17.2 Å². The molecule has 1 aliphatic heterocycles. The van der Waals surface area contributed by atoms with Crippen LogP contribution in [0.4, 0.5) is 5.69 Å². The lowest BCUT2D eigenvalue weighted by Gasteiger charge is -2.37. The summed E-state index contributed by atoms with van der Waals surface area (Å²) in [4.78, 5) is 12.7. The molecule has 2 aromatic rings. The van der Waals surface area contributed by atoms with Crippen molar-refractivity contribution in [3.63, 3.8) is 0 Å². The van der Waals surface area contributed by atoms with Crippen LogP contribution in [0, 0.1) is 0 Å². The first kappa shape index (κ1) is 25.8. The Kier molecular flexibility index (Phi) is 8.43. The van der Waals surface area contributed by atoms with Crippen LogP contribution in [0.25, 0.3) is 0 Å². The van der Waals surface area contributed by atoms with Gasteiger partial charge in [-0.05, 0) is 75.1 Å². The lowest BCUT2D eigenvalue weighted by Crippen LogP contribution is -2.47. The zero-order valence-electron chi connectivity index (χ0n) is 20.5. The summed E-state index contributed by atoms with van der Waals surface area (Å²) >= 11 is 0. The highest BCUT2D eigenvalue weighted by Crippen LogP contribution is 2.38. The molecule has 8 nitrogen and oxygen atoms in total. The Morgan fingerprint density at radius 2 is 1.53 bits per heavy atom. The van der Waals surface area contributed by atoms with Gasteiger partial charge in [0.15, 0.2) is 11.5 Å². The summed E-state index contributed by atoms with van der Waals surface area (Å²) in [6, 6.07) is 9.95. The molecule has 1 saturated heterocycles. The minimum atomic E-state index is -3.58. The molecular formula is C25H34N2O6S. The number of nitrogens with one attached hydrogen (secondary N) is 1. The van der Waals surface area contributed by atoms with E-state index in [1.807, 2.05) is 26.0 Å². The molecule has 2 unspecified atom stereocenters. The topological polar surface area (TPSA) is 94.2 Å². The van der Waals surface area contributed by atoms with Crippen LogP contribution in [0.2, 0.25) is 0 Å². The number of benzene rings is 2. The number of carbonyl (C=O) groups excluding carboxylic acids is 1. The molecule has 2 atom stereocenters. The molecule has 0 aliphatic carbocycles. The SMILES string of the molecule is COc1cc(CCC(=O)Nc2ccc(S(=O)(=O)N3C(C)CCCC3C)cc2)cc(OC)c1OC. The van der Waals surface area contributed by atoms with Crippen molar-refractivity contribution in [3.8, 4) is 17.2 Å². The second-order valence-corrected chi connectivity index (χ2v) is 10.4. The number of piperidine rings is 1. The Hall–Kier alpha value is -2.78. The summed E-state index contributed by atoms with van der Waals surface area (Å²) in [5.41, 5.74) is 1.42. The lowest BCUT2D eigenvalue weighted by atomic mass is 10.0. The van der Waals surface area contributed by atoms with Crippen LogP contribution in [0.3, 0.4) is 0 Å². The maximum Gasteiger partial charge on any atom is 0.243 e. The fraction of sp³-hybridized carbons (Fsp3) is 0.480. The molecule has 3 rings (SSSR count). The molecule has 34 heavy (non-hydrogen) atoms. The van der Waals surface area contributed by atoms with E-state index in [4.69, 9.17) is 14.2 Å². The summed E-state index contributed by atoms with van der Waals surface area (Å²) in [6.07, 6.45) is 3.48. The van der Waals surface area contributed by atoms with Crippen LogP contribution in [-0.2, 0) is 21.2 Å². The van der Waals surface area contributed by atoms with Gasteiger partial charge in [0.2, 0.25) is 21.7 Å². The Labute approximate surface area is 202 Å². The number of amides is 1. The van der Waals surface area contributed by atoms with Gasteiger partial charge < -0.3 is 19.5 Å². The van der Waals surface area contributed by atoms with Gasteiger partial charge in [-0.1, -0.05) is 6.42 Å². The Morgan fingerprint density at radius 1 is 0.971 bits per heavy atom. The standard InChI is InChI=1S/C25H34N2O6S/c1-17-7-6-8-18(2)27(17)34(29,30)21-12-10-20(11-13-21)26-24(28)14-9-19-15-22(31-3)25(33-5)23(16-19)32-4/h10-13,15-18H,6-9,14H2,1-5H3,(H,26,28). The minimum absolute atomic E-state index is 0.0247. The van der Waals surface area contributed by atoms with Crippen LogP contribution in [-0.4, -0.2) is 52.0 Å². The highest BCUT2D eigenvalue weighted by Gasteiger charge is 2.35. The first-order chi connectivity index (χ1) is 16.2. The highest BCUT2D eigenvalue weighted by molar-refractivity contribution is 7.89. The number of sulfonamides is 1. The van der Waals surface area contributed by atoms with Crippen LogP contribution in [0.1, 0.15) is 45.1 Å². The predicted molar refractivity (Wildman–Crippen MR) is 131 cm³/mol. The molecule has 186 valence electrons. The third kappa shape index (κ3) is 5.64. The van der Waals surface area contributed by atoms with Crippen LogP contribution in [0.15, 0.2) is 41.3 Å². The largest absolute Gasteiger partial charge is 0.493 e. The van der Waals surface area contributed by atoms with Gasteiger partial charge in [0.25, 0.3) is 0 Å². The number of methoxy groups -OCH3 is 3. The Balaban J connectivity index is 1.64. The summed E-state index contributed by atoms with van der Waals surface area (Å²) < 4.78 is 44.0. The number of hydrogen-bond acceptors (Lipinski definition) is 6. The van der Waals surface area contributed by atoms with Gasteiger partial charge in [-0.2, -0.15) is 4.31 Å². The molecule has 9 heteroatoms. The quantitative estimate of drug-likeness (QED) is 0.565. The van der Waals surface area contributed by atoms with E-state index in [1.165, 1.54) is 7.11 Å². The van der Waals surface area contributed by atoms with Crippen molar-refractivity contribution >= 4 is 21.6 Å². The smallest absolute Gasteiger partial charge is 0.243 e. The van der Waals surface area contributed by atoms with Crippen molar-refractivity contribution in [2.24, 2.45) is 0 Å². The highest BCUT2D eigenvalue weighted by atomic mass is 32.2. The average molecular weight is 491 g/mol. The van der Waals surface area contributed by atoms with Crippen molar-refractivity contribution in [3.05, 3.63) is 42.0 Å².